The van der Waals surface area contributed by atoms with Crippen LogP contribution >= 0.6 is 0 Å². The number of esters is 1. The third-order valence-corrected chi connectivity index (χ3v) is 4.44. The summed E-state index contributed by atoms with van der Waals surface area (Å²) >= 11 is 0. The topological polar surface area (TPSA) is 92.7 Å². The summed E-state index contributed by atoms with van der Waals surface area (Å²) < 4.78 is 31.1. The molecular weight excluding hydrogens is 294 g/mol. The minimum atomic E-state index is -3.56. The lowest BCUT2D eigenvalue weighted by atomic mass is 10.1. The Hall–Kier alpha value is -1.44. The first kappa shape index (κ1) is 17.6. The summed E-state index contributed by atoms with van der Waals surface area (Å²) in [6.45, 7) is 3.40. The molecule has 0 radical (unpaired) electrons. The van der Waals surface area contributed by atoms with Crippen LogP contribution in [-0.4, -0.2) is 39.3 Å². The van der Waals surface area contributed by atoms with E-state index in [9.17, 15) is 18.3 Å². The summed E-state index contributed by atoms with van der Waals surface area (Å²) in [4.78, 5) is 11.3. The van der Waals surface area contributed by atoms with Gasteiger partial charge in [-0.05, 0) is 23.6 Å². The summed E-state index contributed by atoms with van der Waals surface area (Å²) in [6.07, 6.45) is 0. The van der Waals surface area contributed by atoms with Crippen LogP contribution in [0.4, 0.5) is 0 Å². The van der Waals surface area contributed by atoms with Crippen LogP contribution in [0.15, 0.2) is 24.3 Å². The molecule has 0 aromatic heterocycles. The number of ether oxygens (including phenoxy) is 1. The van der Waals surface area contributed by atoms with Crippen LogP contribution < -0.4 is 4.72 Å². The zero-order valence-electron chi connectivity index (χ0n) is 12.4. The molecule has 0 aliphatic heterocycles. The second-order valence-corrected chi connectivity index (χ2v) is 6.85. The Morgan fingerprint density at radius 2 is 1.86 bits per heavy atom. The fraction of sp³-hybridized carbons (Fsp3) is 0.500. The van der Waals surface area contributed by atoms with Gasteiger partial charge < -0.3 is 9.84 Å². The molecule has 0 aliphatic carbocycles. The lowest BCUT2D eigenvalue weighted by Crippen LogP contribution is -2.41. The van der Waals surface area contributed by atoms with Crippen molar-refractivity contribution in [2.45, 2.75) is 25.6 Å². The van der Waals surface area contributed by atoms with Gasteiger partial charge in [0.2, 0.25) is 10.0 Å². The molecule has 118 valence electrons. The van der Waals surface area contributed by atoms with Crippen LogP contribution in [0.2, 0.25) is 0 Å². The highest BCUT2D eigenvalue weighted by molar-refractivity contribution is 7.88. The molecule has 0 aliphatic rings. The molecule has 2 N–H and O–H groups in total. The van der Waals surface area contributed by atoms with E-state index >= 15 is 0 Å². The molecule has 7 heteroatoms. The third kappa shape index (κ3) is 5.45. The second kappa shape index (κ2) is 7.53. The molecule has 21 heavy (non-hydrogen) atoms. The van der Waals surface area contributed by atoms with Crippen molar-refractivity contribution in [3.63, 3.8) is 0 Å². The highest BCUT2D eigenvalue weighted by Crippen LogP contribution is 2.10. The average Bonchev–Trinajstić information content (AvgIpc) is 2.44. The van der Waals surface area contributed by atoms with Crippen LogP contribution in [0, 0.1) is 5.92 Å². The number of benzene rings is 1. The van der Waals surface area contributed by atoms with E-state index in [4.69, 9.17) is 0 Å². The number of carbonyl (C=O) groups excluding carboxylic acids is 1. The van der Waals surface area contributed by atoms with Gasteiger partial charge in [0.25, 0.3) is 0 Å². The molecule has 0 bridgehead atoms. The molecule has 0 saturated heterocycles. The van der Waals surface area contributed by atoms with Gasteiger partial charge in [0, 0.05) is 6.04 Å². The molecule has 1 aromatic rings. The predicted octanol–water partition coefficient (Wildman–Crippen LogP) is 0.909. The summed E-state index contributed by atoms with van der Waals surface area (Å²) in [5.74, 6) is -0.688. The van der Waals surface area contributed by atoms with Crippen molar-refractivity contribution >= 4 is 16.0 Å². The minimum absolute atomic E-state index is 0.00789. The molecule has 6 nitrogen and oxygen atoms in total. The van der Waals surface area contributed by atoms with Crippen molar-refractivity contribution in [1.29, 1.82) is 0 Å². The number of aliphatic hydroxyl groups excluding tert-OH is 1. The molecule has 0 fully saturated rings. The van der Waals surface area contributed by atoms with E-state index in [2.05, 4.69) is 9.46 Å². The van der Waals surface area contributed by atoms with Crippen molar-refractivity contribution in [3.05, 3.63) is 35.4 Å². The smallest absolute Gasteiger partial charge is 0.337 e. The van der Waals surface area contributed by atoms with Gasteiger partial charge in [0.05, 0.1) is 25.0 Å². The van der Waals surface area contributed by atoms with E-state index in [1.807, 2.05) is 13.8 Å². The number of hydrogen-bond donors (Lipinski definition) is 2. The number of nitrogens with one attached hydrogen (secondary N) is 1. The van der Waals surface area contributed by atoms with Crippen molar-refractivity contribution < 1.29 is 23.1 Å². The van der Waals surface area contributed by atoms with E-state index < -0.39 is 22.0 Å². The van der Waals surface area contributed by atoms with Crippen LogP contribution in [0.25, 0.3) is 0 Å². The maximum atomic E-state index is 12.0. The van der Waals surface area contributed by atoms with Gasteiger partial charge in [0.1, 0.15) is 0 Å². The normalized spacial score (nSPS) is 13.2. The molecule has 0 saturated carbocycles. The Morgan fingerprint density at radius 1 is 1.29 bits per heavy atom. The summed E-state index contributed by atoms with van der Waals surface area (Å²) in [7, 11) is -2.27. The standard InChI is InChI=1S/C14H21NO5S/c1-10(2)13(8-16)15-21(18,19)9-11-4-6-12(7-5-11)14(17)20-3/h4-7,10,13,15-16H,8-9H2,1-3H3/t13-/m1/s1. The van der Waals surface area contributed by atoms with Crippen molar-refractivity contribution in [2.24, 2.45) is 5.92 Å². The van der Waals surface area contributed by atoms with Gasteiger partial charge in [0.15, 0.2) is 0 Å². The molecule has 1 aromatic carbocycles. The Morgan fingerprint density at radius 3 is 2.29 bits per heavy atom. The van der Waals surface area contributed by atoms with Gasteiger partial charge in [-0.3, -0.25) is 0 Å². The Balaban J connectivity index is 2.77. The van der Waals surface area contributed by atoms with Crippen LogP contribution in [-0.2, 0) is 20.5 Å². The second-order valence-electron chi connectivity index (χ2n) is 5.10. The number of carbonyl (C=O) groups is 1. The molecule has 1 rings (SSSR count). The largest absolute Gasteiger partial charge is 0.465 e. The third-order valence-electron chi connectivity index (χ3n) is 3.06. The minimum Gasteiger partial charge on any atom is -0.465 e. The average molecular weight is 315 g/mol. The predicted molar refractivity (Wildman–Crippen MR) is 79.3 cm³/mol. The van der Waals surface area contributed by atoms with Crippen LogP contribution in [0.3, 0.4) is 0 Å². The van der Waals surface area contributed by atoms with E-state index in [1.165, 1.54) is 19.2 Å². The van der Waals surface area contributed by atoms with E-state index in [1.54, 1.807) is 12.1 Å². The highest BCUT2D eigenvalue weighted by Gasteiger charge is 2.20. The van der Waals surface area contributed by atoms with Gasteiger partial charge in [-0.25, -0.2) is 17.9 Å². The number of methoxy groups -OCH3 is 1. The SMILES string of the molecule is COC(=O)c1ccc(CS(=O)(=O)N[C@H](CO)C(C)C)cc1. The fourth-order valence-electron chi connectivity index (χ4n) is 1.73. The van der Waals surface area contributed by atoms with Crippen molar-refractivity contribution in [2.75, 3.05) is 13.7 Å². The molecule has 0 heterocycles. The Labute approximate surface area is 125 Å². The van der Waals surface area contributed by atoms with E-state index in [0.717, 1.165) is 0 Å². The lowest BCUT2D eigenvalue weighted by molar-refractivity contribution is 0.0600. The Bertz CT molecular complexity index is 566. The van der Waals surface area contributed by atoms with Crippen LogP contribution in [0.1, 0.15) is 29.8 Å². The molecule has 0 amide bonds. The first-order chi connectivity index (χ1) is 9.79. The maximum absolute atomic E-state index is 12.0. The Kier molecular flexibility index (Phi) is 6.32. The molecular formula is C14H21NO5S. The zero-order valence-corrected chi connectivity index (χ0v) is 13.2. The van der Waals surface area contributed by atoms with Gasteiger partial charge in [-0.1, -0.05) is 26.0 Å². The van der Waals surface area contributed by atoms with Crippen LogP contribution in [0.5, 0.6) is 0 Å². The molecule has 1 atom stereocenters. The first-order valence-corrected chi connectivity index (χ1v) is 8.22. The summed E-state index contributed by atoms with van der Waals surface area (Å²) in [5.41, 5.74) is 0.914. The maximum Gasteiger partial charge on any atom is 0.337 e. The molecule has 0 unspecified atom stereocenters. The lowest BCUT2D eigenvalue weighted by Gasteiger charge is -2.19. The first-order valence-electron chi connectivity index (χ1n) is 6.57. The van der Waals surface area contributed by atoms with E-state index in [0.29, 0.717) is 11.1 Å². The monoisotopic (exact) mass is 315 g/mol. The van der Waals surface area contributed by atoms with Gasteiger partial charge >= 0.3 is 5.97 Å². The quantitative estimate of drug-likeness (QED) is 0.730. The number of aliphatic hydroxyl groups is 1. The van der Waals surface area contributed by atoms with Gasteiger partial charge in [-0.15, -0.1) is 0 Å². The van der Waals surface area contributed by atoms with Gasteiger partial charge in [-0.2, -0.15) is 0 Å². The number of rotatable bonds is 7. The summed E-state index contributed by atoms with van der Waals surface area (Å²) in [6, 6.07) is 5.65. The zero-order chi connectivity index (χ0) is 16.0. The number of hydrogen-bond acceptors (Lipinski definition) is 5. The van der Waals surface area contributed by atoms with Crippen molar-refractivity contribution in [1.82, 2.24) is 4.72 Å². The number of sulfonamides is 1. The van der Waals surface area contributed by atoms with Crippen molar-refractivity contribution in [3.8, 4) is 0 Å². The van der Waals surface area contributed by atoms with E-state index in [-0.39, 0.29) is 18.3 Å². The molecule has 0 spiro atoms. The summed E-state index contributed by atoms with van der Waals surface area (Å²) in [5, 5.41) is 9.17. The fourth-order valence-corrected chi connectivity index (χ4v) is 3.25. The highest BCUT2D eigenvalue weighted by atomic mass is 32.2.